The fourth-order valence-corrected chi connectivity index (χ4v) is 1.83. The van der Waals surface area contributed by atoms with E-state index in [1.807, 2.05) is 12.4 Å². The Labute approximate surface area is 90.3 Å². The molecule has 2 rings (SSSR count). The predicted molar refractivity (Wildman–Crippen MR) is 62.8 cm³/mol. The standard InChI is InChI=1S/C13H16N2/c1-3-4-11-5-6-12(7-10(11)2)13-8-14-15-9-13/h5-9H,3-4H2,1-2H3,(H,14,15). The molecule has 1 N–H and O–H groups in total. The number of aromatic nitrogens is 2. The summed E-state index contributed by atoms with van der Waals surface area (Å²) in [6.07, 6.45) is 6.14. The summed E-state index contributed by atoms with van der Waals surface area (Å²) in [5.41, 5.74) is 5.21. The van der Waals surface area contributed by atoms with Crippen molar-refractivity contribution in [1.82, 2.24) is 10.2 Å². The highest BCUT2D eigenvalue weighted by atomic mass is 15.1. The Balaban J connectivity index is 2.33. The zero-order valence-corrected chi connectivity index (χ0v) is 9.25. The summed E-state index contributed by atoms with van der Waals surface area (Å²) in [6.45, 7) is 4.39. The van der Waals surface area contributed by atoms with E-state index < -0.39 is 0 Å². The van der Waals surface area contributed by atoms with E-state index in [-0.39, 0.29) is 0 Å². The monoisotopic (exact) mass is 200 g/mol. The molecule has 78 valence electrons. The normalized spacial score (nSPS) is 10.5. The van der Waals surface area contributed by atoms with Crippen molar-refractivity contribution in [3.63, 3.8) is 0 Å². The van der Waals surface area contributed by atoms with E-state index in [0.29, 0.717) is 0 Å². The lowest BCUT2D eigenvalue weighted by atomic mass is 9.99. The van der Waals surface area contributed by atoms with E-state index >= 15 is 0 Å². The first kappa shape index (κ1) is 9.97. The summed E-state index contributed by atoms with van der Waals surface area (Å²) < 4.78 is 0. The van der Waals surface area contributed by atoms with E-state index in [2.05, 4.69) is 42.2 Å². The maximum Gasteiger partial charge on any atom is 0.0565 e. The van der Waals surface area contributed by atoms with Gasteiger partial charge >= 0.3 is 0 Å². The third-order valence-corrected chi connectivity index (χ3v) is 2.69. The Kier molecular flexibility index (Phi) is 2.86. The minimum Gasteiger partial charge on any atom is -0.285 e. The van der Waals surface area contributed by atoms with Crippen LogP contribution in [0.15, 0.2) is 30.6 Å². The van der Waals surface area contributed by atoms with Crippen molar-refractivity contribution in [3.8, 4) is 11.1 Å². The number of rotatable bonds is 3. The van der Waals surface area contributed by atoms with Gasteiger partial charge in [0.15, 0.2) is 0 Å². The molecule has 2 heteroatoms. The molecule has 0 bridgehead atoms. The smallest absolute Gasteiger partial charge is 0.0565 e. The van der Waals surface area contributed by atoms with Crippen LogP contribution >= 0.6 is 0 Å². The molecule has 0 atom stereocenters. The summed E-state index contributed by atoms with van der Waals surface area (Å²) in [5, 5.41) is 6.80. The van der Waals surface area contributed by atoms with E-state index in [1.165, 1.54) is 23.1 Å². The zero-order valence-electron chi connectivity index (χ0n) is 9.25. The van der Waals surface area contributed by atoms with Crippen LogP contribution in [0.25, 0.3) is 11.1 Å². The van der Waals surface area contributed by atoms with E-state index in [1.54, 1.807) is 0 Å². The average molecular weight is 200 g/mol. The molecule has 1 aromatic carbocycles. The molecule has 0 spiro atoms. The third-order valence-electron chi connectivity index (χ3n) is 2.69. The van der Waals surface area contributed by atoms with Crippen molar-refractivity contribution in [2.24, 2.45) is 0 Å². The summed E-state index contributed by atoms with van der Waals surface area (Å²) in [6, 6.07) is 6.62. The molecule has 0 saturated heterocycles. The Morgan fingerprint density at radius 2 is 2.13 bits per heavy atom. The van der Waals surface area contributed by atoms with Crippen LogP contribution in [0.3, 0.4) is 0 Å². The first-order chi connectivity index (χ1) is 7.31. The molecule has 1 heterocycles. The summed E-state index contributed by atoms with van der Waals surface area (Å²) >= 11 is 0. The Bertz CT molecular complexity index is 430. The van der Waals surface area contributed by atoms with Gasteiger partial charge in [0.2, 0.25) is 0 Å². The Hall–Kier alpha value is -1.57. The molecular weight excluding hydrogens is 184 g/mol. The van der Waals surface area contributed by atoms with E-state index in [0.717, 1.165) is 12.0 Å². The highest BCUT2D eigenvalue weighted by Crippen LogP contribution is 2.21. The van der Waals surface area contributed by atoms with Crippen LogP contribution < -0.4 is 0 Å². The second kappa shape index (κ2) is 4.30. The van der Waals surface area contributed by atoms with Gasteiger partial charge < -0.3 is 0 Å². The molecule has 1 aromatic heterocycles. The molecule has 15 heavy (non-hydrogen) atoms. The van der Waals surface area contributed by atoms with Crippen molar-refractivity contribution in [2.45, 2.75) is 26.7 Å². The molecule has 0 aliphatic rings. The van der Waals surface area contributed by atoms with Gasteiger partial charge in [-0.2, -0.15) is 5.10 Å². The molecule has 0 saturated carbocycles. The number of nitrogens with zero attached hydrogens (tertiary/aromatic N) is 1. The molecule has 0 radical (unpaired) electrons. The second-order valence-corrected chi connectivity index (χ2v) is 3.88. The van der Waals surface area contributed by atoms with Crippen LogP contribution in [-0.4, -0.2) is 10.2 Å². The fourth-order valence-electron chi connectivity index (χ4n) is 1.83. The first-order valence-corrected chi connectivity index (χ1v) is 5.40. The van der Waals surface area contributed by atoms with Gasteiger partial charge in [-0.1, -0.05) is 31.5 Å². The molecular formula is C13H16N2. The molecule has 2 aromatic rings. The zero-order chi connectivity index (χ0) is 10.7. The number of nitrogens with one attached hydrogen (secondary N) is 1. The quantitative estimate of drug-likeness (QED) is 0.808. The van der Waals surface area contributed by atoms with E-state index in [4.69, 9.17) is 0 Å². The minimum atomic E-state index is 1.15. The minimum absolute atomic E-state index is 1.15. The Morgan fingerprint density at radius 1 is 1.27 bits per heavy atom. The van der Waals surface area contributed by atoms with Gasteiger partial charge in [0.05, 0.1) is 6.20 Å². The van der Waals surface area contributed by atoms with Crippen molar-refractivity contribution < 1.29 is 0 Å². The van der Waals surface area contributed by atoms with Crippen LogP contribution in [0.4, 0.5) is 0 Å². The second-order valence-electron chi connectivity index (χ2n) is 3.88. The summed E-state index contributed by atoms with van der Waals surface area (Å²) in [4.78, 5) is 0. The SMILES string of the molecule is CCCc1ccc(-c2cn[nH]c2)cc1C. The van der Waals surface area contributed by atoms with Gasteiger partial charge in [0.25, 0.3) is 0 Å². The van der Waals surface area contributed by atoms with Crippen molar-refractivity contribution in [2.75, 3.05) is 0 Å². The maximum absolute atomic E-state index is 3.96. The fraction of sp³-hybridized carbons (Fsp3) is 0.308. The number of benzene rings is 1. The van der Waals surface area contributed by atoms with Crippen LogP contribution in [0, 0.1) is 6.92 Å². The number of hydrogen-bond acceptors (Lipinski definition) is 1. The van der Waals surface area contributed by atoms with Crippen molar-refractivity contribution in [3.05, 3.63) is 41.7 Å². The predicted octanol–water partition coefficient (Wildman–Crippen LogP) is 3.34. The lowest BCUT2D eigenvalue weighted by Gasteiger charge is -2.06. The topological polar surface area (TPSA) is 28.7 Å². The van der Waals surface area contributed by atoms with Crippen LogP contribution in [0.1, 0.15) is 24.5 Å². The van der Waals surface area contributed by atoms with Gasteiger partial charge in [-0.15, -0.1) is 0 Å². The number of hydrogen-bond donors (Lipinski definition) is 1. The van der Waals surface area contributed by atoms with Crippen LogP contribution in [-0.2, 0) is 6.42 Å². The van der Waals surface area contributed by atoms with Gasteiger partial charge in [0, 0.05) is 11.8 Å². The number of aryl methyl sites for hydroxylation is 2. The number of aromatic amines is 1. The third kappa shape index (κ3) is 2.09. The summed E-state index contributed by atoms with van der Waals surface area (Å²) in [7, 11) is 0. The first-order valence-electron chi connectivity index (χ1n) is 5.40. The van der Waals surface area contributed by atoms with Gasteiger partial charge in [0.1, 0.15) is 0 Å². The highest BCUT2D eigenvalue weighted by Gasteiger charge is 2.02. The highest BCUT2D eigenvalue weighted by molar-refractivity contribution is 5.63. The van der Waals surface area contributed by atoms with Crippen molar-refractivity contribution in [1.29, 1.82) is 0 Å². The largest absolute Gasteiger partial charge is 0.285 e. The molecule has 0 aliphatic carbocycles. The molecule has 0 fully saturated rings. The van der Waals surface area contributed by atoms with Crippen molar-refractivity contribution >= 4 is 0 Å². The maximum atomic E-state index is 3.96. The molecule has 2 nitrogen and oxygen atoms in total. The lowest BCUT2D eigenvalue weighted by molar-refractivity contribution is 0.913. The lowest BCUT2D eigenvalue weighted by Crippen LogP contribution is -1.88. The summed E-state index contributed by atoms with van der Waals surface area (Å²) in [5.74, 6) is 0. The molecule has 0 amide bonds. The average Bonchev–Trinajstić information content (AvgIpc) is 2.74. The molecule has 0 aliphatic heterocycles. The van der Waals surface area contributed by atoms with Crippen LogP contribution in [0.2, 0.25) is 0 Å². The van der Waals surface area contributed by atoms with E-state index in [9.17, 15) is 0 Å². The Morgan fingerprint density at radius 3 is 2.73 bits per heavy atom. The van der Waals surface area contributed by atoms with Gasteiger partial charge in [-0.05, 0) is 30.0 Å². The molecule has 0 unspecified atom stereocenters. The van der Waals surface area contributed by atoms with Crippen LogP contribution in [0.5, 0.6) is 0 Å². The number of H-pyrrole nitrogens is 1. The van der Waals surface area contributed by atoms with Gasteiger partial charge in [-0.25, -0.2) is 0 Å². The van der Waals surface area contributed by atoms with Gasteiger partial charge in [-0.3, -0.25) is 5.10 Å².